The monoisotopic (exact) mass is 294 g/mol. The van der Waals surface area contributed by atoms with Gasteiger partial charge in [-0.25, -0.2) is 0 Å². The molecule has 1 aliphatic rings. The Kier molecular flexibility index (Phi) is 5.59. The van der Waals surface area contributed by atoms with Crippen molar-refractivity contribution in [2.45, 2.75) is 0 Å². The van der Waals surface area contributed by atoms with Gasteiger partial charge in [-0.15, -0.1) is 0 Å². The molecule has 40 valence electrons. The minimum atomic E-state index is 0. The van der Waals surface area contributed by atoms with Gasteiger partial charge in [-0.2, -0.15) is 0 Å². The topological polar surface area (TPSA) is 24.1 Å². The Morgan fingerprint density at radius 3 is 1.14 bits per heavy atom. The normalized spacial score (nSPS) is 20.6. The number of piperazine rings is 1. The van der Waals surface area contributed by atoms with Gasteiger partial charge in [-0.1, -0.05) is 0 Å². The summed E-state index contributed by atoms with van der Waals surface area (Å²) >= 11 is 0. The van der Waals surface area contributed by atoms with E-state index in [1.807, 2.05) is 0 Å². The van der Waals surface area contributed by atoms with Crippen LogP contribution in [0.25, 0.3) is 0 Å². The summed E-state index contributed by atoms with van der Waals surface area (Å²) in [5, 5.41) is 6.44. The molecule has 1 aliphatic heterocycles. The zero-order chi connectivity index (χ0) is 4.24. The average molecular weight is 293 g/mol. The third kappa shape index (κ3) is 3.43. The Morgan fingerprint density at radius 2 is 1.00 bits per heavy atom. The fourth-order valence-electron chi connectivity index (χ4n) is 0.604. The minimum Gasteiger partial charge on any atom is -0.314 e. The molecule has 3 heteroatoms. The van der Waals surface area contributed by atoms with E-state index < -0.39 is 0 Å². The summed E-state index contributed by atoms with van der Waals surface area (Å²) in [5.41, 5.74) is 0. The van der Waals surface area contributed by atoms with Crippen LogP contribution in [0.15, 0.2) is 0 Å². The zero-order valence-electron chi connectivity index (χ0n) is 4.33. The molecule has 0 aromatic heterocycles. The van der Waals surface area contributed by atoms with Crippen LogP contribution >= 0.6 is 0 Å². The quantitative estimate of drug-likeness (QED) is 0.548. The molecule has 1 heterocycles. The molecule has 0 amide bonds. The molecular formula is C4H10N2Pb. The largest absolute Gasteiger partial charge is 0.314 e. The van der Waals surface area contributed by atoms with Crippen molar-refractivity contribution < 1.29 is 0 Å². The second-order valence-corrected chi connectivity index (χ2v) is 1.50. The van der Waals surface area contributed by atoms with Crippen LogP contribution in [0.1, 0.15) is 0 Å². The fourth-order valence-corrected chi connectivity index (χ4v) is 0.604. The first-order valence-electron chi connectivity index (χ1n) is 2.41. The molecule has 0 unspecified atom stereocenters. The second-order valence-electron chi connectivity index (χ2n) is 1.50. The van der Waals surface area contributed by atoms with Crippen LogP contribution in [0.4, 0.5) is 0 Å². The van der Waals surface area contributed by atoms with E-state index in [-0.39, 0.29) is 27.3 Å². The summed E-state index contributed by atoms with van der Waals surface area (Å²) in [5.74, 6) is 0. The van der Waals surface area contributed by atoms with E-state index in [0.717, 1.165) is 26.2 Å². The second kappa shape index (κ2) is 4.99. The van der Waals surface area contributed by atoms with Crippen LogP contribution in [0.3, 0.4) is 0 Å². The van der Waals surface area contributed by atoms with Crippen LogP contribution in [-0.4, -0.2) is 53.5 Å². The summed E-state index contributed by atoms with van der Waals surface area (Å²) in [4.78, 5) is 0. The smallest absolute Gasteiger partial charge is 0.00772 e. The van der Waals surface area contributed by atoms with Gasteiger partial charge >= 0.3 is 0 Å². The number of hydrogen-bond donors (Lipinski definition) is 2. The van der Waals surface area contributed by atoms with Crippen LogP contribution in [0.2, 0.25) is 0 Å². The van der Waals surface area contributed by atoms with E-state index in [0.29, 0.717) is 0 Å². The van der Waals surface area contributed by atoms with Gasteiger partial charge in [0.15, 0.2) is 0 Å². The number of rotatable bonds is 0. The van der Waals surface area contributed by atoms with E-state index in [4.69, 9.17) is 0 Å². The van der Waals surface area contributed by atoms with Crippen molar-refractivity contribution in [1.82, 2.24) is 10.6 Å². The van der Waals surface area contributed by atoms with Crippen molar-refractivity contribution in [3.05, 3.63) is 0 Å². The van der Waals surface area contributed by atoms with Crippen LogP contribution < -0.4 is 10.6 Å². The van der Waals surface area contributed by atoms with Gasteiger partial charge in [0.25, 0.3) is 0 Å². The maximum absolute atomic E-state index is 3.22. The number of nitrogens with one attached hydrogen (secondary N) is 2. The molecule has 0 aromatic rings. The first-order chi connectivity index (χ1) is 3.00. The summed E-state index contributed by atoms with van der Waals surface area (Å²) in [6, 6.07) is 0. The zero-order valence-corrected chi connectivity index (χ0v) is 8.22. The molecule has 7 heavy (non-hydrogen) atoms. The standard InChI is InChI=1S/C4H10N2.Pb/c1-2-6-4-3-5-1;/h5-6H,1-4H2;. The Morgan fingerprint density at radius 1 is 0.714 bits per heavy atom. The Hall–Kier alpha value is 0.842. The molecule has 0 aliphatic carbocycles. The first-order valence-corrected chi connectivity index (χ1v) is 2.41. The van der Waals surface area contributed by atoms with Crippen LogP contribution in [0.5, 0.6) is 0 Å². The molecular weight excluding hydrogens is 283 g/mol. The molecule has 1 rings (SSSR count). The van der Waals surface area contributed by atoms with Crippen molar-refractivity contribution in [2.24, 2.45) is 0 Å². The average Bonchev–Trinajstić information content (AvgIpc) is 1.72. The first kappa shape index (κ1) is 7.84. The predicted molar refractivity (Wildman–Crippen MR) is 31.5 cm³/mol. The Bertz CT molecular complexity index is 25.2. The SMILES string of the molecule is C1CNCCN1.[Pb]. The van der Waals surface area contributed by atoms with Crippen LogP contribution in [-0.2, 0) is 0 Å². The van der Waals surface area contributed by atoms with Crippen molar-refractivity contribution >= 4 is 27.3 Å². The molecule has 0 bridgehead atoms. The molecule has 0 spiro atoms. The molecule has 0 aromatic carbocycles. The van der Waals surface area contributed by atoms with E-state index in [2.05, 4.69) is 10.6 Å². The van der Waals surface area contributed by atoms with Crippen molar-refractivity contribution in [2.75, 3.05) is 26.2 Å². The third-order valence-corrected chi connectivity index (χ3v) is 0.957. The van der Waals surface area contributed by atoms with Gasteiger partial charge in [0.2, 0.25) is 0 Å². The maximum atomic E-state index is 3.22. The minimum absolute atomic E-state index is 0. The Labute approximate surface area is 64.2 Å². The van der Waals surface area contributed by atoms with Crippen LogP contribution in [0, 0.1) is 0 Å². The van der Waals surface area contributed by atoms with Crippen molar-refractivity contribution in [3.8, 4) is 0 Å². The van der Waals surface area contributed by atoms with Gasteiger partial charge < -0.3 is 10.6 Å². The molecule has 0 saturated carbocycles. The van der Waals surface area contributed by atoms with Crippen molar-refractivity contribution in [3.63, 3.8) is 0 Å². The van der Waals surface area contributed by atoms with Gasteiger partial charge in [0, 0.05) is 53.5 Å². The summed E-state index contributed by atoms with van der Waals surface area (Å²) < 4.78 is 0. The third-order valence-electron chi connectivity index (χ3n) is 0.957. The number of hydrogen-bond acceptors (Lipinski definition) is 2. The van der Waals surface area contributed by atoms with Gasteiger partial charge in [-0.05, 0) is 0 Å². The molecule has 1 saturated heterocycles. The summed E-state index contributed by atoms with van der Waals surface area (Å²) in [6.45, 7) is 4.56. The van der Waals surface area contributed by atoms with Gasteiger partial charge in [0.1, 0.15) is 0 Å². The molecule has 1 fully saturated rings. The van der Waals surface area contributed by atoms with E-state index in [1.54, 1.807) is 0 Å². The predicted octanol–water partition coefficient (Wildman–Crippen LogP) is -1.20. The van der Waals surface area contributed by atoms with Gasteiger partial charge in [-0.3, -0.25) is 0 Å². The summed E-state index contributed by atoms with van der Waals surface area (Å²) in [6.07, 6.45) is 0. The molecule has 2 N–H and O–H groups in total. The van der Waals surface area contributed by atoms with Gasteiger partial charge in [0.05, 0.1) is 0 Å². The summed E-state index contributed by atoms with van der Waals surface area (Å²) in [7, 11) is 0. The van der Waals surface area contributed by atoms with E-state index in [1.165, 1.54) is 0 Å². The Balaban J connectivity index is 0.000000360. The van der Waals surface area contributed by atoms with Crippen molar-refractivity contribution in [1.29, 1.82) is 0 Å². The molecule has 2 nitrogen and oxygen atoms in total. The fraction of sp³-hybridized carbons (Fsp3) is 1.00. The van der Waals surface area contributed by atoms with E-state index in [9.17, 15) is 0 Å². The molecule has 0 atom stereocenters. The van der Waals surface area contributed by atoms with E-state index >= 15 is 0 Å². The maximum Gasteiger partial charge on any atom is 0.00772 e. The molecule has 4 radical (unpaired) electrons.